The van der Waals surface area contributed by atoms with Crippen LogP contribution in [0.25, 0.3) is 5.69 Å². The third kappa shape index (κ3) is 3.09. The number of rotatable bonds is 3. The third-order valence-corrected chi connectivity index (χ3v) is 3.79. The van der Waals surface area contributed by atoms with E-state index in [-0.39, 0.29) is 12.0 Å². The Morgan fingerprint density at radius 3 is 2.95 bits per heavy atom. The molecule has 1 aliphatic rings. The van der Waals surface area contributed by atoms with Crippen molar-refractivity contribution in [1.29, 1.82) is 0 Å². The monoisotopic (exact) mass is 305 g/mol. The lowest BCUT2D eigenvalue weighted by Gasteiger charge is -2.31. The highest BCUT2D eigenvalue weighted by atomic mass is 35.5. The Hall–Kier alpha value is -1.85. The molecule has 1 fully saturated rings. The van der Waals surface area contributed by atoms with Gasteiger partial charge in [0.2, 0.25) is 0 Å². The summed E-state index contributed by atoms with van der Waals surface area (Å²) < 4.78 is 7.17. The van der Waals surface area contributed by atoms with Crippen molar-refractivity contribution in [1.82, 2.24) is 14.7 Å². The molecule has 0 spiro atoms. The summed E-state index contributed by atoms with van der Waals surface area (Å²) in [6.45, 7) is 1.64. The van der Waals surface area contributed by atoms with Gasteiger partial charge < -0.3 is 9.64 Å². The van der Waals surface area contributed by atoms with Gasteiger partial charge in [-0.05, 0) is 12.1 Å². The Labute approximate surface area is 128 Å². The molecule has 6 heteroatoms. The fourth-order valence-electron chi connectivity index (χ4n) is 2.33. The van der Waals surface area contributed by atoms with Crippen molar-refractivity contribution in [3.63, 3.8) is 0 Å². The van der Waals surface area contributed by atoms with E-state index in [0.29, 0.717) is 31.1 Å². The van der Waals surface area contributed by atoms with E-state index in [2.05, 4.69) is 5.10 Å². The molecule has 1 aromatic carbocycles. The number of alkyl halides is 1. The first-order chi connectivity index (χ1) is 10.3. The fraction of sp³-hybridized carbons (Fsp3) is 0.333. The molecule has 1 aromatic heterocycles. The number of amides is 1. The molecular weight excluding hydrogens is 290 g/mol. The molecule has 21 heavy (non-hydrogen) atoms. The minimum absolute atomic E-state index is 0.0319. The summed E-state index contributed by atoms with van der Waals surface area (Å²) in [7, 11) is 0. The van der Waals surface area contributed by atoms with Crippen LogP contribution in [0, 0.1) is 0 Å². The van der Waals surface area contributed by atoms with E-state index in [9.17, 15) is 4.79 Å². The van der Waals surface area contributed by atoms with Gasteiger partial charge in [0.05, 0.1) is 36.0 Å². The van der Waals surface area contributed by atoms with Crippen LogP contribution in [-0.2, 0) is 4.74 Å². The minimum atomic E-state index is -0.0893. The van der Waals surface area contributed by atoms with E-state index in [1.165, 1.54) is 0 Å². The Kier molecular flexibility index (Phi) is 4.22. The smallest absolute Gasteiger partial charge is 0.257 e. The van der Waals surface area contributed by atoms with Crippen LogP contribution in [0.1, 0.15) is 10.4 Å². The molecule has 0 N–H and O–H groups in total. The van der Waals surface area contributed by atoms with E-state index in [4.69, 9.17) is 16.3 Å². The molecule has 1 atom stereocenters. The number of halogens is 1. The van der Waals surface area contributed by atoms with Crippen LogP contribution in [-0.4, -0.2) is 52.3 Å². The van der Waals surface area contributed by atoms with E-state index in [1.54, 1.807) is 22.0 Å². The van der Waals surface area contributed by atoms with Crippen LogP contribution in [0.5, 0.6) is 0 Å². The van der Waals surface area contributed by atoms with E-state index in [0.717, 1.165) is 5.69 Å². The number of benzene rings is 1. The highest BCUT2D eigenvalue weighted by molar-refractivity contribution is 6.18. The minimum Gasteiger partial charge on any atom is -0.373 e. The molecule has 1 saturated heterocycles. The van der Waals surface area contributed by atoms with Gasteiger partial charge in [-0.2, -0.15) is 5.10 Å². The molecule has 0 aliphatic carbocycles. The summed E-state index contributed by atoms with van der Waals surface area (Å²) in [6.07, 6.45) is 3.26. The number of ether oxygens (including phenoxy) is 1. The van der Waals surface area contributed by atoms with Crippen molar-refractivity contribution < 1.29 is 9.53 Å². The largest absolute Gasteiger partial charge is 0.373 e. The van der Waals surface area contributed by atoms with Gasteiger partial charge in [0, 0.05) is 19.3 Å². The molecular formula is C15H16ClN3O2. The number of aromatic nitrogens is 2. The van der Waals surface area contributed by atoms with Crippen molar-refractivity contribution in [2.45, 2.75) is 6.10 Å². The third-order valence-electron chi connectivity index (χ3n) is 3.45. The highest BCUT2D eigenvalue weighted by Crippen LogP contribution is 2.13. The Balaban J connectivity index is 1.75. The van der Waals surface area contributed by atoms with Gasteiger partial charge in [0.25, 0.3) is 5.91 Å². The molecule has 0 saturated carbocycles. The predicted octanol–water partition coefficient (Wildman–Crippen LogP) is 1.95. The molecule has 1 unspecified atom stereocenters. The Morgan fingerprint density at radius 1 is 1.38 bits per heavy atom. The van der Waals surface area contributed by atoms with Crippen LogP contribution in [0.3, 0.4) is 0 Å². The molecule has 3 rings (SSSR count). The molecule has 2 aromatic rings. The first-order valence-electron chi connectivity index (χ1n) is 6.85. The second-order valence-electron chi connectivity index (χ2n) is 4.91. The van der Waals surface area contributed by atoms with Crippen molar-refractivity contribution in [3.8, 4) is 5.69 Å². The van der Waals surface area contributed by atoms with Crippen LogP contribution >= 0.6 is 11.6 Å². The summed E-state index contributed by atoms with van der Waals surface area (Å²) >= 11 is 5.80. The summed E-state index contributed by atoms with van der Waals surface area (Å²) in [6, 6.07) is 9.70. The maximum atomic E-state index is 12.5. The first-order valence-corrected chi connectivity index (χ1v) is 7.38. The number of carbonyl (C=O) groups excluding carboxylic acids is 1. The maximum Gasteiger partial charge on any atom is 0.257 e. The van der Waals surface area contributed by atoms with Crippen LogP contribution in [0.2, 0.25) is 0 Å². The molecule has 1 aliphatic heterocycles. The molecule has 0 bridgehead atoms. The Bertz CT molecular complexity index is 614. The quantitative estimate of drug-likeness (QED) is 0.814. The van der Waals surface area contributed by atoms with Crippen LogP contribution in [0.15, 0.2) is 42.7 Å². The summed E-state index contributed by atoms with van der Waals surface area (Å²) in [5.41, 5.74) is 1.51. The predicted molar refractivity (Wildman–Crippen MR) is 79.9 cm³/mol. The van der Waals surface area contributed by atoms with Gasteiger partial charge in [-0.3, -0.25) is 4.79 Å². The number of hydrogen-bond acceptors (Lipinski definition) is 3. The van der Waals surface area contributed by atoms with Crippen molar-refractivity contribution in [2.24, 2.45) is 0 Å². The zero-order valence-corrected chi connectivity index (χ0v) is 12.2. The zero-order valence-electron chi connectivity index (χ0n) is 11.5. The van der Waals surface area contributed by atoms with Gasteiger partial charge >= 0.3 is 0 Å². The fourth-order valence-corrected chi connectivity index (χ4v) is 2.52. The number of morpholine rings is 1. The lowest BCUT2D eigenvalue weighted by Crippen LogP contribution is -2.46. The normalized spacial score (nSPS) is 18.7. The SMILES string of the molecule is O=C(c1cnn(-c2ccccc2)c1)N1CCOC(CCl)C1. The average Bonchev–Trinajstić information content (AvgIpc) is 3.05. The number of hydrogen-bond donors (Lipinski definition) is 0. The molecule has 110 valence electrons. The molecule has 1 amide bonds. The number of carbonyl (C=O) groups is 1. The molecule has 5 nitrogen and oxygen atoms in total. The van der Waals surface area contributed by atoms with E-state index >= 15 is 0 Å². The van der Waals surface area contributed by atoms with Crippen LogP contribution in [0.4, 0.5) is 0 Å². The first kappa shape index (κ1) is 14.1. The Morgan fingerprint density at radius 2 is 2.19 bits per heavy atom. The van der Waals surface area contributed by atoms with Gasteiger partial charge in [0.1, 0.15) is 0 Å². The number of para-hydroxylation sites is 1. The standard InChI is InChI=1S/C15H16ClN3O2/c16-8-14-11-18(6-7-21-14)15(20)12-9-17-19(10-12)13-4-2-1-3-5-13/h1-5,9-10,14H,6-8,11H2. The zero-order chi connectivity index (χ0) is 14.7. The lowest BCUT2D eigenvalue weighted by atomic mass is 10.2. The highest BCUT2D eigenvalue weighted by Gasteiger charge is 2.25. The topological polar surface area (TPSA) is 47.4 Å². The van der Waals surface area contributed by atoms with Crippen molar-refractivity contribution in [3.05, 3.63) is 48.3 Å². The van der Waals surface area contributed by atoms with Gasteiger partial charge in [0.15, 0.2) is 0 Å². The van der Waals surface area contributed by atoms with Gasteiger partial charge in [-0.1, -0.05) is 18.2 Å². The van der Waals surface area contributed by atoms with E-state index in [1.807, 2.05) is 30.3 Å². The van der Waals surface area contributed by atoms with E-state index < -0.39 is 0 Å². The maximum absolute atomic E-state index is 12.5. The molecule has 0 radical (unpaired) electrons. The van der Waals surface area contributed by atoms with Crippen molar-refractivity contribution in [2.75, 3.05) is 25.6 Å². The van der Waals surface area contributed by atoms with Crippen molar-refractivity contribution >= 4 is 17.5 Å². The second-order valence-corrected chi connectivity index (χ2v) is 5.22. The molecule has 2 heterocycles. The summed E-state index contributed by atoms with van der Waals surface area (Å²) in [5, 5.41) is 4.25. The van der Waals surface area contributed by atoms with Gasteiger partial charge in [-0.15, -0.1) is 11.6 Å². The summed E-state index contributed by atoms with van der Waals surface area (Å²) in [5.74, 6) is 0.364. The lowest BCUT2D eigenvalue weighted by molar-refractivity contribution is -0.0108. The summed E-state index contributed by atoms with van der Waals surface area (Å²) in [4.78, 5) is 14.2. The number of nitrogens with zero attached hydrogens (tertiary/aromatic N) is 3. The average molecular weight is 306 g/mol. The van der Waals surface area contributed by atoms with Gasteiger partial charge in [-0.25, -0.2) is 4.68 Å². The second kappa shape index (κ2) is 6.28. The van der Waals surface area contributed by atoms with Crippen LogP contribution < -0.4 is 0 Å².